The molecule has 0 aliphatic heterocycles. The van der Waals surface area contributed by atoms with Gasteiger partial charge in [-0.15, -0.1) is 11.3 Å². The van der Waals surface area contributed by atoms with Crippen LogP contribution in [-0.2, 0) is 4.79 Å². The summed E-state index contributed by atoms with van der Waals surface area (Å²) in [5, 5.41) is 0.764. The summed E-state index contributed by atoms with van der Waals surface area (Å²) >= 11 is 1.24. The monoisotopic (exact) mass is 306 g/mol. The van der Waals surface area contributed by atoms with Crippen LogP contribution in [0, 0.1) is 0 Å². The maximum absolute atomic E-state index is 12.6. The van der Waals surface area contributed by atoms with Crippen LogP contribution >= 0.6 is 11.3 Å². The van der Waals surface area contributed by atoms with Gasteiger partial charge in [0.25, 0.3) is 5.91 Å². The van der Waals surface area contributed by atoms with Crippen molar-refractivity contribution in [3.8, 4) is 0 Å². The Morgan fingerprint density at radius 2 is 2.19 bits per heavy atom. The number of amides is 2. The normalized spacial score (nSPS) is 10.7. The van der Waals surface area contributed by atoms with Gasteiger partial charge in [-0.3, -0.25) is 9.59 Å². The molecule has 0 bridgehead atoms. The first-order valence-corrected chi connectivity index (χ1v) is 7.56. The Kier molecular flexibility index (Phi) is 4.74. The molecule has 2 rings (SSSR count). The molecule has 2 aromatic heterocycles. The fourth-order valence-electron chi connectivity index (χ4n) is 2.04. The minimum atomic E-state index is -0.530. The van der Waals surface area contributed by atoms with Crippen molar-refractivity contribution in [3.63, 3.8) is 0 Å². The van der Waals surface area contributed by atoms with E-state index in [2.05, 4.69) is 4.98 Å². The van der Waals surface area contributed by atoms with Gasteiger partial charge in [0, 0.05) is 18.1 Å². The van der Waals surface area contributed by atoms with Crippen LogP contribution in [0.5, 0.6) is 0 Å². The minimum Gasteiger partial charge on any atom is -0.397 e. The van der Waals surface area contributed by atoms with E-state index in [1.165, 1.54) is 16.2 Å². The molecule has 6 nitrogen and oxygen atoms in total. The first kappa shape index (κ1) is 15.2. The van der Waals surface area contributed by atoms with E-state index in [9.17, 15) is 9.59 Å². The second-order valence-electron chi connectivity index (χ2n) is 4.75. The van der Waals surface area contributed by atoms with E-state index in [-0.39, 0.29) is 12.5 Å². The minimum absolute atomic E-state index is 0.0973. The SMILES string of the molecule is CCCCN(CC(N)=O)C(=O)c1sc2ncccc2c1N. The summed E-state index contributed by atoms with van der Waals surface area (Å²) in [6, 6.07) is 3.60. The number of carbonyl (C=O) groups excluding carboxylic acids is 2. The maximum atomic E-state index is 12.6. The Balaban J connectivity index is 2.33. The number of thiophene rings is 1. The third kappa shape index (κ3) is 3.30. The fourth-order valence-corrected chi connectivity index (χ4v) is 3.07. The van der Waals surface area contributed by atoms with Crippen LogP contribution in [0.2, 0.25) is 0 Å². The number of nitrogens with two attached hydrogens (primary N) is 2. The lowest BCUT2D eigenvalue weighted by Gasteiger charge is -2.20. The summed E-state index contributed by atoms with van der Waals surface area (Å²) in [6.45, 7) is 2.41. The maximum Gasteiger partial charge on any atom is 0.266 e. The van der Waals surface area contributed by atoms with Gasteiger partial charge in [0.1, 0.15) is 9.71 Å². The first-order valence-electron chi connectivity index (χ1n) is 6.75. The lowest BCUT2D eigenvalue weighted by Crippen LogP contribution is -2.39. The van der Waals surface area contributed by atoms with E-state index >= 15 is 0 Å². The van der Waals surface area contributed by atoms with Crippen LogP contribution in [-0.4, -0.2) is 34.8 Å². The lowest BCUT2D eigenvalue weighted by atomic mass is 10.2. The van der Waals surface area contributed by atoms with Gasteiger partial charge in [-0.25, -0.2) is 4.98 Å². The number of hydrogen-bond donors (Lipinski definition) is 2. The van der Waals surface area contributed by atoms with Crippen molar-refractivity contribution in [1.82, 2.24) is 9.88 Å². The molecule has 2 amide bonds. The van der Waals surface area contributed by atoms with Crippen LogP contribution in [0.15, 0.2) is 18.3 Å². The highest BCUT2D eigenvalue weighted by atomic mass is 32.1. The zero-order valence-corrected chi connectivity index (χ0v) is 12.7. The van der Waals surface area contributed by atoms with Gasteiger partial charge < -0.3 is 16.4 Å². The Morgan fingerprint density at radius 3 is 2.81 bits per heavy atom. The number of aromatic nitrogens is 1. The number of nitrogen functional groups attached to an aromatic ring is 1. The van der Waals surface area contributed by atoms with Crippen molar-refractivity contribution >= 4 is 39.1 Å². The van der Waals surface area contributed by atoms with E-state index in [4.69, 9.17) is 11.5 Å². The largest absolute Gasteiger partial charge is 0.397 e. The molecule has 0 aliphatic rings. The smallest absolute Gasteiger partial charge is 0.266 e. The molecule has 21 heavy (non-hydrogen) atoms. The highest BCUT2D eigenvalue weighted by Crippen LogP contribution is 2.32. The predicted octanol–water partition coefficient (Wildman–Crippen LogP) is 1.61. The fraction of sp³-hybridized carbons (Fsp3) is 0.357. The number of primary amides is 1. The second-order valence-corrected chi connectivity index (χ2v) is 5.75. The molecule has 0 saturated heterocycles. The number of hydrogen-bond acceptors (Lipinski definition) is 5. The molecule has 0 atom stereocenters. The quantitative estimate of drug-likeness (QED) is 0.846. The van der Waals surface area contributed by atoms with E-state index in [0.717, 1.165) is 18.2 Å². The summed E-state index contributed by atoms with van der Waals surface area (Å²) in [5.74, 6) is -0.792. The average molecular weight is 306 g/mol. The number of anilines is 1. The molecule has 0 aliphatic carbocycles. The Morgan fingerprint density at radius 1 is 1.43 bits per heavy atom. The standard InChI is InChI=1S/C14H18N4O2S/c1-2-3-7-18(8-10(15)19)14(20)12-11(16)9-5-4-6-17-13(9)21-12/h4-6H,2-3,7-8,16H2,1H3,(H2,15,19). The summed E-state index contributed by atoms with van der Waals surface area (Å²) in [5.41, 5.74) is 11.7. The first-order chi connectivity index (χ1) is 10.0. The van der Waals surface area contributed by atoms with Crippen LogP contribution in [0.1, 0.15) is 29.4 Å². The molecule has 0 radical (unpaired) electrons. The number of unbranched alkanes of at least 4 members (excludes halogenated alkanes) is 1. The van der Waals surface area contributed by atoms with Crippen molar-refractivity contribution in [1.29, 1.82) is 0 Å². The summed E-state index contributed by atoms with van der Waals surface area (Å²) in [4.78, 5) is 30.5. The Hall–Kier alpha value is -2.15. The van der Waals surface area contributed by atoms with E-state index in [0.29, 0.717) is 21.9 Å². The van der Waals surface area contributed by atoms with Crippen molar-refractivity contribution in [2.75, 3.05) is 18.8 Å². The Bertz CT molecular complexity index is 668. The summed E-state index contributed by atoms with van der Waals surface area (Å²) < 4.78 is 0. The Labute approximate surface area is 126 Å². The van der Waals surface area contributed by atoms with Gasteiger partial charge in [0.2, 0.25) is 5.91 Å². The van der Waals surface area contributed by atoms with Crippen molar-refractivity contribution in [3.05, 3.63) is 23.2 Å². The highest BCUT2D eigenvalue weighted by molar-refractivity contribution is 7.21. The molecular formula is C14H18N4O2S. The zero-order chi connectivity index (χ0) is 15.4. The average Bonchev–Trinajstić information content (AvgIpc) is 2.80. The van der Waals surface area contributed by atoms with E-state index < -0.39 is 5.91 Å². The van der Waals surface area contributed by atoms with E-state index in [1.807, 2.05) is 13.0 Å². The predicted molar refractivity (Wildman–Crippen MR) is 84.0 cm³/mol. The van der Waals surface area contributed by atoms with Crippen LogP contribution in [0.4, 0.5) is 5.69 Å². The molecule has 0 unspecified atom stereocenters. The summed E-state index contributed by atoms with van der Waals surface area (Å²) in [7, 11) is 0. The molecule has 112 valence electrons. The third-order valence-corrected chi connectivity index (χ3v) is 4.23. The van der Waals surface area contributed by atoms with Crippen LogP contribution in [0.3, 0.4) is 0 Å². The number of pyridine rings is 1. The molecule has 0 saturated carbocycles. The van der Waals surface area contributed by atoms with Gasteiger partial charge in [0.15, 0.2) is 0 Å². The van der Waals surface area contributed by atoms with Crippen molar-refractivity contribution < 1.29 is 9.59 Å². The number of carbonyl (C=O) groups is 2. The number of rotatable bonds is 6. The molecule has 0 fully saturated rings. The van der Waals surface area contributed by atoms with Crippen molar-refractivity contribution in [2.45, 2.75) is 19.8 Å². The lowest BCUT2D eigenvalue weighted by molar-refractivity contribution is -0.118. The molecule has 0 spiro atoms. The van der Waals surface area contributed by atoms with Gasteiger partial charge in [0.05, 0.1) is 12.2 Å². The molecule has 7 heteroatoms. The van der Waals surface area contributed by atoms with Gasteiger partial charge in [-0.2, -0.15) is 0 Å². The highest BCUT2D eigenvalue weighted by Gasteiger charge is 2.23. The molecule has 2 aromatic rings. The van der Waals surface area contributed by atoms with Crippen LogP contribution in [0.25, 0.3) is 10.2 Å². The van der Waals surface area contributed by atoms with Crippen molar-refractivity contribution in [2.24, 2.45) is 5.73 Å². The molecular weight excluding hydrogens is 288 g/mol. The van der Waals surface area contributed by atoms with E-state index in [1.54, 1.807) is 12.3 Å². The topological polar surface area (TPSA) is 102 Å². The summed E-state index contributed by atoms with van der Waals surface area (Å²) in [6.07, 6.45) is 3.39. The van der Waals surface area contributed by atoms with Gasteiger partial charge >= 0.3 is 0 Å². The van der Waals surface area contributed by atoms with Gasteiger partial charge in [-0.1, -0.05) is 13.3 Å². The molecule has 2 heterocycles. The molecule has 4 N–H and O–H groups in total. The number of nitrogens with zero attached hydrogens (tertiary/aromatic N) is 2. The van der Waals surface area contributed by atoms with Crippen LogP contribution < -0.4 is 11.5 Å². The second kappa shape index (κ2) is 6.53. The zero-order valence-electron chi connectivity index (χ0n) is 11.8. The molecule has 0 aromatic carbocycles. The number of fused-ring (bicyclic) bond motifs is 1. The van der Waals surface area contributed by atoms with Gasteiger partial charge in [-0.05, 0) is 18.6 Å². The third-order valence-electron chi connectivity index (χ3n) is 3.11.